The Morgan fingerprint density at radius 2 is 2.11 bits per heavy atom. The van der Waals surface area contributed by atoms with Crippen LogP contribution in [0.1, 0.15) is 31.4 Å². The molecule has 5 heteroatoms. The topological polar surface area (TPSA) is 86.8 Å². The van der Waals surface area contributed by atoms with E-state index in [-0.39, 0.29) is 11.8 Å². The third-order valence-corrected chi connectivity index (χ3v) is 3.86. The molecule has 0 aromatic heterocycles. The van der Waals surface area contributed by atoms with E-state index in [9.17, 15) is 9.90 Å². The molecule has 0 radical (unpaired) electrons. The number of likely N-dealkylation sites (tertiary alicyclic amines) is 1. The molecule has 1 aliphatic heterocycles. The van der Waals surface area contributed by atoms with E-state index >= 15 is 0 Å². The Labute approximate surface area is 112 Å². The average Bonchev–Trinajstić information content (AvgIpc) is 2.77. The maximum Gasteiger partial charge on any atom is 0.325 e. The van der Waals surface area contributed by atoms with Crippen LogP contribution in [0.5, 0.6) is 5.75 Å². The van der Waals surface area contributed by atoms with Crippen molar-refractivity contribution in [1.82, 2.24) is 4.90 Å². The van der Waals surface area contributed by atoms with E-state index in [2.05, 4.69) is 11.8 Å². The molecule has 0 spiro atoms. The van der Waals surface area contributed by atoms with Crippen molar-refractivity contribution >= 4 is 5.97 Å². The molecule has 1 heterocycles. The number of nitrogens with two attached hydrogens (primary N) is 1. The molecule has 0 bridgehead atoms. The first-order valence-electron chi connectivity index (χ1n) is 6.51. The number of nitrogens with zero attached hydrogens (tertiary/aromatic N) is 1. The van der Waals surface area contributed by atoms with Crippen molar-refractivity contribution in [2.75, 3.05) is 13.1 Å². The third kappa shape index (κ3) is 2.72. The smallest absolute Gasteiger partial charge is 0.325 e. The molecule has 1 aromatic rings. The second-order valence-electron chi connectivity index (χ2n) is 5.20. The van der Waals surface area contributed by atoms with Crippen LogP contribution in [-0.2, 0) is 4.79 Å². The molecular weight excluding hydrogens is 244 g/mol. The van der Waals surface area contributed by atoms with Gasteiger partial charge in [0.05, 0.1) is 0 Å². The first-order chi connectivity index (χ1) is 8.96. The summed E-state index contributed by atoms with van der Waals surface area (Å²) < 4.78 is 0. The van der Waals surface area contributed by atoms with Crippen molar-refractivity contribution < 1.29 is 15.0 Å². The number of hydrogen-bond donors (Lipinski definition) is 3. The van der Waals surface area contributed by atoms with E-state index in [4.69, 9.17) is 10.8 Å². The molecule has 2 atom stereocenters. The SMILES string of the molecule is CCC(c1ccc(O)cc1)N1CCC(N)(C(=O)O)C1. The van der Waals surface area contributed by atoms with Gasteiger partial charge in [-0.2, -0.15) is 0 Å². The highest BCUT2D eigenvalue weighted by Gasteiger charge is 2.43. The van der Waals surface area contributed by atoms with E-state index in [1.807, 2.05) is 12.1 Å². The number of benzene rings is 1. The Bertz CT molecular complexity index is 460. The number of aromatic hydroxyl groups is 1. The molecule has 5 nitrogen and oxygen atoms in total. The van der Waals surface area contributed by atoms with Crippen molar-refractivity contribution in [2.45, 2.75) is 31.3 Å². The highest BCUT2D eigenvalue weighted by atomic mass is 16.4. The number of hydrogen-bond acceptors (Lipinski definition) is 4. The van der Waals surface area contributed by atoms with Gasteiger partial charge in [-0.05, 0) is 30.5 Å². The Kier molecular flexibility index (Phi) is 3.78. The molecule has 0 aliphatic carbocycles. The average molecular weight is 264 g/mol. The number of carboxylic acid groups (broad SMARTS) is 1. The van der Waals surface area contributed by atoms with Gasteiger partial charge in [0.1, 0.15) is 11.3 Å². The molecule has 4 N–H and O–H groups in total. The number of phenols is 1. The van der Waals surface area contributed by atoms with Crippen LogP contribution in [0.15, 0.2) is 24.3 Å². The van der Waals surface area contributed by atoms with Crippen molar-refractivity contribution in [3.8, 4) is 5.75 Å². The van der Waals surface area contributed by atoms with E-state index in [0.717, 1.165) is 12.0 Å². The van der Waals surface area contributed by atoms with Gasteiger partial charge in [-0.3, -0.25) is 9.69 Å². The summed E-state index contributed by atoms with van der Waals surface area (Å²) in [6, 6.07) is 7.20. The Morgan fingerprint density at radius 3 is 2.58 bits per heavy atom. The second kappa shape index (κ2) is 5.19. The fourth-order valence-electron chi connectivity index (χ4n) is 2.71. The van der Waals surface area contributed by atoms with Crippen LogP contribution in [-0.4, -0.2) is 39.7 Å². The lowest BCUT2D eigenvalue weighted by atomic mass is 10.00. The number of carboxylic acids is 1. The van der Waals surface area contributed by atoms with Gasteiger partial charge in [0.25, 0.3) is 0 Å². The largest absolute Gasteiger partial charge is 0.508 e. The lowest BCUT2D eigenvalue weighted by Gasteiger charge is -2.28. The number of aliphatic carboxylic acids is 1. The highest BCUT2D eigenvalue weighted by Crippen LogP contribution is 2.31. The van der Waals surface area contributed by atoms with Crippen molar-refractivity contribution in [2.24, 2.45) is 5.73 Å². The molecule has 0 saturated carbocycles. The lowest BCUT2D eigenvalue weighted by molar-refractivity contribution is -0.142. The Balaban J connectivity index is 2.16. The molecule has 1 saturated heterocycles. The molecule has 104 valence electrons. The predicted octanol–water partition coefficient (Wildman–Crippen LogP) is 1.33. The zero-order chi connectivity index (χ0) is 14.0. The van der Waals surface area contributed by atoms with E-state index < -0.39 is 11.5 Å². The van der Waals surface area contributed by atoms with Gasteiger partial charge >= 0.3 is 5.97 Å². The van der Waals surface area contributed by atoms with Crippen LogP contribution in [0, 0.1) is 0 Å². The maximum absolute atomic E-state index is 11.2. The zero-order valence-electron chi connectivity index (χ0n) is 11.0. The first kappa shape index (κ1) is 13.8. The zero-order valence-corrected chi connectivity index (χ0v) is 11.0. The molecule has 0 amide bonds. The molecule has 1 fully saturated rings. The normalized spacial score (nSPS) is 25.4. The molecule has 2 rings (SSSR count). The summed E-state index contributed by atoms with van der Waals surface area (Å²) in [5, 5.41) is 18.5. The van der Waals surface area contributed by atoms with E-state index in [0.29, 0.717) is 19.5 Å². The molecule has 1 aliphatic rings. The van der Waals surface area contributed by atoms with Gasteiger partial charge in [0, 0.05) is 19.1 Å². The van der Waals surface area contributed by atoms with Crippen LogP contribution in [0.4, 0.5) is 0 Å². The summed E-state index contributed by atoms with van der Waals surface area (Å²) in [6.07, 6.45) is 1.34. The van der Waals surface area contributed by atoms with Gasteiger partial charge in [0.15, 0.2) is 0 Å². The number of rotatable bonds is 4. The van der Waals surface area contributed by atoms with Gasteiger partial charge < -0.3 is 15.9 Å². The van der Waals surface area contributed by atoms with E-state index in [1.165, 1.54) is 0 Å². The summed E-state index contributed by atoms with van der Waals surface area (Å²) >= 11 is 0. The molecule has 19 heavy (non-hydrogen) atoms. The van der Waals surface area contributed by atoms with Crippen LogP contribution in [0.2, 0.25) is 0 Å². The fourth-order valence-corrected chi connectivity index (χ4v) is 2.71. The summed E-state index contributed by atoms with van der Waals surface area (Å²) in [5.74, 6) is -0.700. The van der Waals surface area contributed by atoms with Crippen LogP contribution in [0.3, 0.4) is 0 Å². The van der Waals surface area contributed by atoms with Crippen molar-refractivity contribution in [3.63, 3.8) is 0 Å². The summed E-state index contributed by atoms with van der Waals surface area (Å²) in [7, 11) is 0. The minimum Gasteiger partial charge on any atom is -0.508 e. The van der Waals surface area contributed by atoms with Gasteiger partial charge in [-0.25, -0.2) is 0 Å². The Morgan fingerprint density at radius 1 is 1.47 bits per heavy atom. The molecule has 2 unspecified atom stereocenters. The lowest BCUT2D eigenvalue weighted by Crippen LogP contribution is -2.50. The standard InChI is InChI=1S/C14H20N2O3/c1-2-12(10-3-5-11(17)6-4-10)16-8-7-14(15,9-16)13(18)19/h3-6,12,17H,2,7-9,15H2,1H3,(H,18,19). The minimum absolute atomic E-state index is 0.144. The minimum atomic E-state index is -1.13. The first-order valence-corrected chi connectivity index (χ1v) is 6.51. The van der Waals surface area contributed by atoms with Crippen molar-refractivity contribution in [3.05, 3.63) is 29.8 Å². The van der Waals surface area contributed by atoms with Crippen LogP contribution < -0.4 is 5.73 Å². The Hall–Kier alpha value is -1.59. The van der Waals surface area contributed by atoms with E-state index in [1.54, 1.807) is 12.1 Å². The summed E-state index contributed by atoms with van der Waals surface area (Å²) in [6.45, 7) is 3.11. The molecule has 1 aromatic carbocycles. The van der Waals surface area contributed by atoms with Gasteiger partial charge in [0.2, 0.25) is 0 Å². The second-order valence-corrected chi connectivity index (χ2v) is 5.20. The van der Waals surface area contributed by atoms with Crippen LogP contribution >= 0.6 is 0 Å². The quantitative estimate of drug-likeness (QED) is 0.763. The summed E-state index contributed by atoms with van der Waals surface area (Å²) in [5.41, 5.74) is 5.85. The number of carbonyl (C=O) groups is 1. The fraction of sp³-hybridized carbons (Fsp3) is 0.500. The highest BCUT2D eigenvalue weighted by molar-refractivity contribution is 5.79. The predicted molar refractivity (Wildman–Crippen MR) is 71.9 cm³/mol. The molecular formula is C14H20N2O3. The number of phenolic OH excluding ortho intramolecular Hbond substituents is 1. The van der Waals surface area contributed by atoms with Gasteiger partial charge in [-0.1, -0.05) is 19.1 Å². The summed E-state index contributed by atoms with van der Waals surface area (Å²) in [4.78, 5) is 13.3. The van der Waals surface area contributed by atoms with Crippen LogP contribution in [0.25, 0.3) is 0 Å². The van der Waals surface area contributed by atoms with Crippen molar-refractivity contribution in [1.29, 1.82) is 0 Å². The maximum atomic E-state index is 11.2. The van der Waals surface area contributed by atoms with Gasteiger partial charge in [-0.15, -0.1) is 0 Å². The monoisotopic (exact) mass is 264 g/mol. The third-order valence-electron chi connectivity index (χ3n) is 3.86.